The van der Waals surface area contributed by atoms with Gasteiger partial charge >= 0.3 is 0 Å². The second-order valence-electron chi connectivity index (χ2n) is 7.98. The van der Waals surface area contributed by atoms with E-state index in [0.29, 0.717) is 6.54 Å². The molecular weight excluding hydrogens is 371 g/mol. The van der Waals surface area contributed by atoms with Crippen molar-refractivity contribution < 1.29 is 18.7 Å². The summed E-state index contributed by atoms with van der Waals surface area (Å²) in [6.45, 7) is 0.931. The van der Waals surface area contributed by atoms with Crippen LogP contribution in [0.15, 0.2) is 48.5 Å². The van der Waals surface area contributed by atoms with E-state index in [0.717, 1.165) is 36.0 Å². The zero-order valence-corrected chi connectivity index (χ0v) is 16.3. The summed E-state index contributed by atoms with van der Waals surface area (Å²) < 4.78 is 19.5. The third-order valence-corrected chi connectivity index (χ3v) is 5.98. The number of hydrogen-bond acceptors (Lipinski definition) is 3. The Labute approximate surface area is 169 Å². The quantitative estimate of drug-likeness (QED) is 0.845. The molecule has 2 N–H and O–H groups in total. The van der Waals surface area contributed by atoms with Crippen LogP contribution in [0.3, 0.4) is 0 Å². The maximum absolute atomic E-state index is 13.6. The third-order valence-electron chi connectivity index (χ3n) is 5.98. The minimum Gasteiger partial charge on any atom is -0.367 e. The van der Waals surface area contributed by atoms with Crippen LogP contribution in [0.2, 0.25) is 0 Å². The summed E-state index contributed by atoms with van der Waals surface area (Å²) in [5, 5.41) is 0. The van der Waals surface area contributed by atoms with Crippen LogP contribution < -0.4 is 5.73 Å². The molecule has 1 saturated carbocycles. The molecule has 29 heavy (non-hydrogen) atoms. The van der Waals surface area contributed by atoms with Crippen molar-refractivity contribution in [3.63, 3.8) is 0 Å². The van der Waals surface area contributed by atoms with Gasteiger partial charge in [0, 0.05) is 18.9 Å². The topological polar surface area (TPSA) is 72.6 Å². The lowest BCUT2D eigenvalue weighted by Crippen LogP contribution is -2.62. The van der Waals surface area contributed by atoms with E-state index < -0.39 is 11.5 Å². The van der Waals surface area contributed by atoms with Gasteiger partial charge in [0.1, 0.15) is 5.82 Å². The molecule has 1 unspecified atom stereocenters. The number of primary amides is 1. The monoisotopic (exact) mass is 396 g/mol. The summed E-state index contributed by atoms with van der Waals surface area (Å²) in [6, 6.07) is 13.9. The first kappa shape index (κ1) is 19.6. The van der Waals surface area contributed by atoms with Gasteiger partial charge in [0.25, 0.3) is 5.91 Å². The molecule has 0 radical (unpaired) electrons. The number of nitrogens with zero attached hydrogens (tertiary/aromatic N) is 1. The molecule has 5 nitrogen and oxygen atoms in total. The average Bonchev–Trinajstić information content (AvgIpc) is 2.67. The average molecular weight is 396 g/mol. The highest BCUT2D eigenvalue weighted by atomic mass is 19.1. The lowest BCUT2D eigenvalue weighted by atomic mass is 9.83. The summed E-state index contributed by atoms with van der Waals surface area (Å²) in [6.07, 6.45) is 3.17. The van der Waals surface area contributed by atoms with Gasteiger partial charge in [-0.25, -0.2) is 4.39 Å². The van der Waals surface area contributed by atoms with Crippen molar-refractivity contribution in [1.82, 2.24) is 4.90 Å². The van der Waals surface area contributed by atoms with Crippen LogP contribution in [0.1, 0.15) is 24.8 Å². The molecule has 2 fully saturated rings. The Bertz CT molecular complexity index is 928. The highest BCUT2D eigenvalue weighted by molar-refractivity contribution is 5.86. The number of hydrogen-bond donors (Lipinski definition) is 1. The van der Waals surface area contributed by atoms with Gasteiger partial charge in [0.15, 0.2) is 5.60 Å². The van der Waals surface area contributed by atoms with Gasteiger partial charge in [-0.05, 0) is 41.7 Å². The molecule has 0 aromatic heterocycles. The van der Waals surface area contributed by atoms with E-state index in [1.165, 1.54) is 12.1 Å². The standard InChI is InChI=1S/C23H25FN2O3/c24-20-9-3-8-19(13-20)18-7-1-4-16(12-18)14-23(22(25)28)15-26(10-11-29-23)21(27)17-5-2-6-17/h1,3-4,7-9,12-13,17H,2,5-6,10-11,14-15H2,(H2,25,28). The SMILES string of the molecule is NC(=O)C1(Cc2cccc(-c3cccc(F)c3)c2)CN(C(=O)C2CCC2)CCO1. The fraction of sp³-hybridized carbons (Fsp3) is 0.391. The van der Waals surface area contributed by atoms with E-state index >= 15 is 0 Å². The van der Waals surface area contributed by atoms with Crippen LogP contribution in [0.5, 0.6) is 0 Å². The Morgan fingerprint density at radius 3 is 2.52 bits per heavy atom. The Morgan fingerprint density at radius 2 is 1.86 bits per heavy atom. The molecule has 1 aliphatic heterocycles. The minimum absolute atomic E-state index is 0.0648. The number of halogens is 1. The smallest absolute Gasteiger partial charge is 0.251 e. The molecule has 1 aliphatic carbocycles. The predicted octanol–water partition coefficient (Wildman–Crippen LogP) is 2.92. The predicted molar refractivity (Wildman–Crippen MR) is 107 cm³/mol. The van der Waals surface area contributed by atoms with Gasteiger partial charge < -0.3 is 15.4 Å². The van der Waals surface area contributed by atoms with Crippen molar-refractivity contribution in [3.05, 3.63) is 59.9 Å². The van der Waals surface area contributed by atoms with E-state index in [4.69, 9.17) is 10.5 Å². The molecular formula is C23H25FN2O3. The number of carbonyl (C=O) groups excluding carboxylic acids is 2. The van der Waals surface area contributed by atoms with Crippen LogP contribution in [0.25, 0.3) is 11.1 Å². The summed E-state index contributed by atoms with van der Waals surface area (Å²) in [7, 11) is 0. The van der Waals surface area contributed by atoms with Crippen molar-refractivity contribution >= 4 is 11.8 Å². The molecule has 0 bridgehead atoms. The van der Waals surface area contributed by atoms with Crippen molar-refractivity contribution in [2.45, 2.75) is 31.3 Å². The normalized spacial score (nSPS) is 22.2. The number of amides is 2. The van der Waals surface area contributed by atoms with E-state index in [9.17, 15) is 14.0 Å². The maximum atomic E-state index is 13.6. The lowest BCUT2D eigenvalue weighted by molar-refractivity contribution is -0.166. The zero-order valence-electron chi connectivity index (χ0n) is 16.3. The first-order valence-corrected chi connectivity index (χ1v) is 10.0. The first-order valence-electron chi connectivity index (χ1n) is 10.0. The molecule has 2 aromatic rings. The molecule has 1 saturated heterocycles. The maximum Gasteiger partial charge on any atom is 0.251 e. The highest BCUT2D eigenvalue weighted by Gasteiger charge is 2.45. The molecule has 4 rings (SSSR count). The summed E-state index contributed by atoms with van der Waals surface area (Å²) in [5.41, 5.74) is 6.95. The summed E-state index contributed by atoms with van der Waals surface area (Å²) >= 11 is 0. The van der Waals surface area contributed by atoms with E-state index in [1.807, 2.05) is 30.3 Å². The Balaban J connectivity index is 1.57. The van der Waals surface area contributed by atoms with Crippen LogP contribution in [-0.2, 0) is 20.7 Å². The number of benzene rings is 2. The first-order chi connectivity index (χ1) is 14.0. The Kier molecular flexibility index (Phi) is 5.37. The molecule has 1 atom stereocenters. The van der Waals surface area contributed by atoms with Crippen molar-refractivity contribution in [2.75, 3.05) is 19.7 Å². The Hall–Kier alpha value is -2.73. The van der Waals surface area contributed by atoms with E-state index in [-0.39, 0.29) is 37.2 Å². The molecule has 2 amide bonds. The molecule has 1 heterocycles. The second-order valence-corrected chi connectivity index (χ2v) is 7.98. The Morgan fingerprint density at radius 1 is 1.14 bits per heavy atom. The molecule has 152 valence electrons. The molecule has 2 aliphatic rings. The minimum atomic E-state index is -1.25. The largest absolute Gasteiger partial charge is 0.367 e. The second kappa shape index (κ2) is 7.95. The fourth-order valence-electron chi connectivity index (χ4n) is 4.09. The molecule has 2 aromatic carbocycles. The number of morpholine rings is 1. The highest BCUT2D eigenvalue weighted by Crippen LogP contribution is 2.31. The fourth-order valence-corrected chi connectivity index (χ4v) is 4.09. The number of nitrogens with two attached hydrogens (primary N) is 1. The summed E-state index contributed by atoms with van der Waals surface area (Å²) in [4.78, 5) is 26.8. The molecule has 0 spiro atoms. The van der Waals surface area contributed by atoms with E-state index in [1.54, 1.807) is 11.0 Å². The van der Waals surface area contributed by atoms with Gasteiger partial charge in [0.05, 0.1) is 13.2 Å². The van der Waals surface area contributed by atoms with Gasteiger partial charge in [0.2, 0.25) is 5.91 Å². The van der Waals surface area contributed by atoms with Crippen molar-refractivity contribution in [1.29, 1.82) is 0 Å². The van der Waals surface area contributed by atoms with Crippen molar-refractivity contribution in [2.24, 2.45) is 11.7 Å². The van der Waals surface area contributed by atoms with Gasteiger partial charge in [-0.1, -0.05) is 42.8 Å². The summed E-state index contributed by atoms with van der Waals surface area (Å²) in [5.74, 6) is -0.712. The van der Waals surface area contributed by atoms with Crippen LogP contribution >= 0.6 is 0 Å². The zero-order chi connectivity index (χ0) is 20.4. The van der Waals surface area contributed by atoms with Crippen LogP contribution in [0, 0.1) is 11.7 Å². The number of ether oxygens (including phenoxy) is 1. The van der Waals surface area contributed by atoms with Crippen molar-refractivity contribution in [3.8, 4) is 11.1 Å². The number of carbonyl (C=O) groups is 2. The number of rotatable bonds is 5. The third kappa shape index (κ3) is 4.03. The van der Waals surface area contributed by atoms with Gasteiger partial charge in [-0.2, -0.15) is 0 Å². The lowest BCUT2D eigenvalue weighted by Gasteiger charge is -2.42. The van der Waals surface area contributed by atoms with Gasteiger partial charge in [-0.3, -0.25) is 9.59 Å². The van der Waals surface area contributed by atoms with Gasteiger partial charge in [-0.15, -0.1) is 0 Å². The molecule has 6 heteroatoms. The van der Waals surface area contributed by atoms with Crippen LogP contribution in [0.4, 0.5) is 4.39 Å². The van der Waals surface area contributed by atoms with E-state index in [2.05, 4.69) is 0 Å². The van der Waals surface area contributed by atoms with Crippen LogP contribution in [-0.4, -0.2) is 42.0 Å².